The van der Waals surface area contributed by atoms with Crippen LogP contribution in [0.15, 0.2) is 46.9 Å². The van der Waals surface area contributed by atoms with Crippen molar-refractivity contribution in [1.29, 1.82) is 0 Å². The number of nitrogens with zero attached hydrogens (tertiary/aromatic N) is 3. The first-order valence-electron chi connectivity index (χ1n) is 7.68. The molecule has 1 saturated heterocycles. The molecule has 128 valence electrons. The van der Waals surface area contributed by atoms with Gasteiger partial charge in [0.2, 0.25) is 10.0 Å². The van der Waals surface area contributed by atoms with Crippen LogP contribution in [0.2, 0.25) is 0 Å². The molecule has 1 amide bonds. The summed E-state index contributed by atoms with van der Waals surface area (Å²) in [7, 11) is -3.39. The third-order valence-electron chi connectivity index (χ3n) is 3.98. The first-order chi connectivity index (χ1) is 11.4. The maximum atomic E-state index is 12.5. The summed E-state index contributed by atoms with van der Waals surface area (Å²) in [6.07, 6.45) is 4.24. The van der Waals surface area contributed by atoms with Gasteiger partial charge in [-0.15, -0.1) is 11.3 Å². The van der Waals surface area contributed by atoms with Gasteiger partial charge < -0.3 is 4.57 Å². The number of carbonyl (C=O) groups excluding carboxylic acids is 1. The number of benzene rings is 1. The van der Waals surface area contributed by atoms with E-state index >= 15 is 0 Å². The molecular formula is C16H19N3O3S2. The Bertz CT molecular complexity index is 885. The number of rotatable bonds is 4. The van der Waals surface area contributed by atoms with Gasteiger partial charge >= 0.3 is 0 Å². The van der Waals surface area contributed by atoms with Gasteiger partial charge in [0.1, 0.15) is 6.04 Å². The standard InChI is InChI=1S/C16H19N3O3S2/c1-24(21,22)19-9-5-8-14(19)15(20)17-16-18(10-11-23-16)12-13-6-3-2-4-7-13/h2-4,6-7,10-11,14H,5,8-9,12H2,1H3/t14-/m0/s1. The van der Waals surface area contributed by atoms with Crippen molar-refractivity contribution >= 4 is 27.3 Å². The van der Waals surface area contributed by atoms with Crippen LogP contribution >= 0.6 is 11.3 Å². The summed E-state index contributed by atoms with van der Waals surface area (Å²) >= 11 is 1.37. The lowest BCUT2D eigenvalue weighted by Gasteiger charge is -2.18. The molecule has 0 saturated carbocycles. The summed E-state index contributed by atoms with van der Waals surface area (Å²) in [6.45, 7) is 1.01. The van der Waals surface area contributed by atoms with Crippen LogP contribution < -0.4 is 4.80 Å². The van der Waals surface area contributed by atoms with Crippen LogP contribution in [0, 0.1) is 0 Å². The maximum Gasteiger partial charge on any atom is 0.266 e. The van der Waals surface area contributed by atoms with Gasteiger partial charge in [-0.25, -0.2) is 8.42 Å². The molecule has 2 aromatic rings. The van der Waals surface area contributed by atoms with Crippen LogP contribution in [0.1, 0.15) is 18.4 Å². The highest BCUT2D eigenvalue weighted by Gasteiger charge is 2.36. The van der Waals surface area contributed by atoms with Gasteiger partial charge in [-0.3, -0.25) is 4.79 Å². The summed E-state index contributed by atoms with van der Waals surface area (Å²) in [5.74, 6) is -0.387. The Kier molecular flexibility index (Phi) is 4.98. The molecule has 0 spiro atoms. The average molecular weight is 365 g/mol. The first kappa shape index (κ1) is 17.1. The minimum atomic E-state index is -3.39. The topological polar surface area (TPSA) is 71.7 Å². The van der Waals surface area contributed by atoms with Crippen molar-refractivity contribution in [3.05, 3.63) is 52.3 Å². The largest absolute Gasteiger partial charge is 0.319 e. The zero-order valence-corrected chi connectivity index (χ0v) is 15.0. The van der Waals surface area contributed by atoms with E-state index < -0.39 is 16.1 Å². The van der Waals surface area contributed by atoms with E-state index in [1.54, 1.807) is 0 Å². The Morgan fingerprint density at radius 3 is 2.79 bits per heavy atom. The Labute approximate surface area is 145 Å². The van der Waals surface area contributed by atoms with Gasteiger partial charge in [0.25, 0.3) is 5.91 Å². The third kappa shape index (κ3) is 3.82. The SMILES string of the molecule is CS(=O)(=O)N1CCC[C@H]1C(=O)N=c1sccn1Cc1ccccc1. The molecule has 2 heterocycles. The van der Waals surface area contributed by atoms with Crippen LogP contribution in [-0.2, 0) is 21.4 Å². The van der Waals surface area contributed by atoms with Crippen molar-refractivity contribution in [2.24, 2.45) is 4.99 Å². The average Bonchev–Trinajstić information content (AvgIpc) is 3.17. The monoisotopic (exact) mass is 365 g/mol. The van der Waals surface area contributed by atoms with Crippen molar-refractivity contribution in [3.63, 3.8) is 0 Å². The van der Waals surface area contributed by atoms with E-state index in [1.807, 2.05) is 46.5 Å². The lowest BCUT2D eigenvalue weighted by molar-refractivity contribution is -0.121. The predicted octanol–water partition coefficient (Wildman–Crippen LogP) is 1.45. The second-order valence-corrected chi connectivity index (χ2v) is 8.59. The molecular weight excluding hydrogens is 346 g/mol. The van der Waals surface area contributed by atoms with Gasteiger partial charge in [0, 0.05) is 24.7 Å². The Hall–Kier alpha value is -1.77. The summed E-state index contributed by atoms with van der Waals surface area (Å²) < 4.78 is 26.7. The normalized spacial score (nSPS) is 19.7. The molecule has 0 unspecified atom stereocenters. The molecule has 1 aromatic heterocycles. The van der Waals surface area contributed by atoms with Gasteiger partial charge in [-0.05, 0) is 18.4 Å². The van der Waals surface area contributed by atoms with Gasteiger partial charge in [0.05, 0.1) is 6.26 Å². The summed E-state index contributed by atoms with van der Waals surface area (Å²) in [5.41, 5.74) is 1.11. The van der Waals surface area contributed by atoms with Crippen LogP contribution in [0.4, 0.5) is 0 Å². The van der Waals surface area contributed by atoms with Crippen molar-refractivity contribution < 1.29 is 13.2 Å². The summed E-state index contributed by atoms with van der Waals surface area (Å²) in [5, 5.41) is 1.87. The third-order valence-corrected chi connectivity index (χ3v) is 6.06. The van der Waals surface area contributed by atoms with Crippen molar-refractivity contribution in [2.45, 2.75) is 25.4 Å². The Balaban J connectivity index is 1.84. The Morgan fingerprint density at radius 1 is 1.33 bits per heavy atom. The molecule has 1 fully saturated rings. The van der Waals surface area contributed by atoms with Crippen LogP contribution in [0.25, 0.3) is 0 Å². The number of thiazole rings is 1. The number of hydrogen-bond donors (Lipinski definition) is 0. The number of carbonyl (C=O) groups is 1. The lowest BCUT2D eigenvalue weighted by Crippen LogP contribution is -2.39. The van der Waals surface area contributed by atoms with Crippen LogP contribution in [0.3, 0.4) is 0 Å². The molecule has 1 aliphatic rings. The fourth-order valence-electron chi connectivity index (χ4n) is 2.84. The fourth-order valence-corrected chi connectivity index (χ4v) is 4.69. The van der Waals surface area contributed by atoms with Crippen molar-refractivity contribution in [2.75, 3.05) is 12.8 Å². The molecule has 1 aliphatic heterocycles. The van der Waals surface area contributed by atoms with E-state index in [0.29, 0.717) is 30.7 Å². The van der Waals surface area contributed by atoms with E-state index in [-0.39, 0.29) is 5.91 Å². The molecule has 0 aliphatic carbocycles. The van der Waals surface area contributed by atoms with E-state index in [2.05, 4.69) is 4.99 Å². The van der Waals surface area contributed by atoms with Gasteiger partial charge in [-0.2, -0.15) is 9.30 Å². The molecule has 0 bridgehead atoms. The molecule has 1 atom stereocenters. The highest BCUT2D eigenvalue weighted by Crippen LogP contribution is 2.21. The maximum absolute atomic E-state index is 12.5. The quantitative estimate of drug-likeness (QED) is 0.823. The van der Waals surface area contributed by atoms with E-state index in [4.69, 9.17) is 0 Å². The highest BCUT2D eigenvalue weighted by atomic mass is 32.2. The molecule has 24 heavy (non-hydrogen) atoms. The zero-order valence-electron chi connectivity index (χ0n) is 13.3. The van der Waals surface area contributed by atoms with E-state index in [9.17, 15) is 13.2 Å². The summed E-state index contributed by atoms with van der Waals surface area (Å²) in [6, 6.07) is 9.24. The second-order valence-electron chi connectivity index (χ2n) is 5.78. The molecule has 0 radical (unpaired) electrons. The van der Waals surface area contributed by atoms with Gasteiger partial charge in [-0.1, -0.05) is 30.3 Å². The van der Waals surface area contributed by atoms with E-state index in [0.717, 1.165) is 11.8 Å². The molecule has 8 heteroatoms. The Morgan fingerprint density at radius 2 is 2.08 bits per heavy atom. The minimum absolute atomic E-state index is 0.387. The molecule has 6 nitrogen and oxygen atoms in total. The molecule has 3 rings (SSSR count). The molecule has 1 aromatic carbocycles. The van der Waals surface area contributed by atoms with Crippen LogP contribution in [0.5, 0.6) is 0 Å². The number of amides is 1. The minimum Gasteiger partial charge on any atom is -0.319 e. The fraction of sp³-hybridized carbons (Fsp3) is 0.375. The highest BCUT2D eigenvalue weighted by molar-refractivity contribution is 7.88. The number of sulfonamides is 1. The summed E-state index contributed by atoms with van der Waals surface area (Å²) in [4.78, 5) is 17.3. The van der Waals surface area contributed by atoms with Crippen LogP contribution in [-0.4, -0.2) is 42.0 Å². The first-order valence-corrected chi connectivity index (χ1v) is 10.4. The van der Waals surface area contributed by atoms with Crippen molar-refractivity contribution in [3.8, 4) is 0 Å². The van der Waals surface area contributed by atoms with Gasteiger partial charge in [0.15, 0.2) is 4.80 Å². The second kappa shape index (κ2) is 7.00. The zero-order chi connectivity index (χ0) is 17.2. The smallest absolute Gasteiger partial charge is 0.266 e. The number of hydrogen-bond acceptors (Lipinski definition) is 4. The van der Waals surface area contributed by atoms with Crippen molar-refractivity contribution in [1.82, 2.24) is 8.87 Å². The predicted molar refractivity (Wildman–Crippen MR) is 93.0 cm³/mol. The number of aromatic nitrogens is 1. The lowest BCUT2D eigenvalue weighted by atomic mass is 10.2. The molecule has 0 N–H and O–H groups in total. The van der Waals surface area contributed by atoms with E-state index in [1.165, 1.54) is 15.6 Å².